The molecule has 2 amide bonds. The molecule has 2 N–H and O–H groups in total. The largest absolute Gasteiger partial charge is 0.393 e. The average molecular weight is 339 g/mol. The van der Waals surface area contributed by atoms with Crippen LogP contribution < -0.4 is 10.2 Å². The Morgan fingerprint density at radius 2 is 2.04 bits per heavy atom. The van der Waals surface area contributed by atoms with E-state index in [1.54, 1.807) is 29.2 Å². The number of hydrogen-bond acceptors (Lipinski definition) is 3. The highest BCUT2D eigenvalue weighted by atomic mass is 35.5. The Bertz CT molecular complexity index is 559. The van der Waals surface area contributed by atoms with E-state index in [0.717, 1.165) is 5.69 Å². The number of nitrogens with one attached hydrogen (secondary N) is 1. The van der Waals surface area contributed by atoms with Gasteiger partial charge >= 0.3 is 0 Å². The number of halogens is 1. The summed E-state index contributed by atoms with van der Waals surface area (Å²) >= 11 is 5.85. The lowest BCUT2D eigenvalue weighted by atomic mass is 10.0. The molecule has 1 aliphatic rings. The molecule has 6 heteroatoms. The number of rotatable bonds is 6. The molecular formula is C17H23ClN2O3. The van der Waals surface area contributed by atoms with Gasteiger partial charge in [0.2, 0.25) is 11.8 Å². The Morgan fingerprint density at radius 1 is 1.39 bits per heavy atom. The average Bonchev–Trinajstić information content (AvgIpc) is 2.89. The van der Waals surface area contributed by atoms with Crippen LogP contribution in [0.2, 0.25) is 5.02 Å². The van der Waals surface area contributed by atoms with Crippen LogP contribution in [0, 0.1) is 11.8 Å². The van der Waals surface area contributed by atoms with Gasteiger partial charge in [-0.3, -0.25) is 9.59 Å². The lowest BCUT2D eigenvalue weighted by Gasteiger charge is -2.17. The monoisotopic (exact) mass is 338 g/mol. The molecule has 1 aliphatic heterocycles. The van der Waals surface area contributed by atoms with Gasteiger partial charge < -0.3 is 15.3 Å². The molecule has 0 aromatic heterocycles. The van der Waals surface area contributed by atoms with Crippen molar-refractivity contribution < 1.29 is 14.7 Å². The standard InChI is InChI=1S/C17H23ClN2O3/c1-11(2)15(21)7-9-19-16(22)14-8-10-20(17(14)23)13-5-3-12(18)4-6-13/h3-6,11,14-15,21H,7-10H2,1-2H3,(H,19,22). The number of aliphatic hydroxyl groups is 1. The van der Waals surface area contributed by atoms with Crippen molar-refractivity contribution in [2.75, 3.05) is 18.0 Å². The zero-order valence-electron chi connectivity index (χ0n) is 13.5. The SMILES string of the molecule is CC(C)C(O)CCNC(=O)C1CCN(c2ccc(Cl)cc2)C1=O. The molecular weight excluding hydrogens is 316 g/mol. The van der Waals surface area contributed by atoms with Gasteiger partial charge in [0.1, 0.15) is 5.92 Å². The fourth-order valence-electron chi connectivity index (χ4n) is 2.60. The highest BCUT2D eigenvalue weighted by Crippen LogP contribution is 2.26. The highest BCUT2D eigenvalue weighted by molar-refractivity contribution is 6.30. The first-order valence-corrected chi connectivity index (χ1v) is 8.30. The fourth-order valence-corrected chi connectivity index (χ4v) is 2.73. The van der Waals surface area contributed by atoms with E-state index < -0.39 is 12.0 Å². The van der Waals surface area contributed by atoms with Crippen LogP contribution in [-0.4, -0.2) is 36.1 Å². The van der Waals surface area contributed by atoms with E-state index in [1.165, 1.54) is 0 Å². The van der Waals surface area contributed by atoms with Crippen molar-refractivity contribution in [1.29, 1.82) is 0 Å². The van der Waals surface area contributed by atoms with E-state index in [2.05, 4.69) is 5.32 Å². The van der Waals surface area contributed by atoms with Crippen molar-refractivity contribution in [2.45, 2.75) is 32.8 Å². The number of amides is 2. The molecule has 1 saturated heterocycles. The van der Waals surface area contributed by atoms with Crippen LogP contribution in [-0.2, 0) is 9.59 Å². The Labute approximate surface area is 141 Å². The fraction of sp³-hybridized carbons (Fsp3) is 0.529. The van der Waals surface area contributed by atoms with E-state index >= 15 is 0 Å². The first kappa shape index (κ1) is 17.8. The minimum Gasteiger partial charge on any atom is -0.393 e. The minimum atomic E-state index is -0.651. The number of aliphatic hydroxyl groups excluding tert-OH is 1. The lowest BCUT2D eigenvalue weighted by molar-refractivity contribution is -0.132. The molecule has 1 heterocycles. The van der Waals surface area contributed by atoms with Gasteiger partial charge in [-0.05, 0) is 43.0 Å². The van der Waals surface area contributed by atoms with Gasteiger partial charge in [0.25, 0.3) is 0 Å². The van der Waals surface area contributed by atoms with Gasteiger partial charge in [0, 0.05) is 23.8 Å². The highest BCUT2D eigenvalue weighted by Gasteiger charge is 2.37. The molecule has 0 bridgehead atoms. The zero-order chi connectivity index (χ0) is 17.0. The molecule has 1 fully saturated rings. The number of carbonyl (C=O) groups is 2. The van der Waals surface area contributed by atoms with Crippen molar-refractivity contribution in [2.24, 2.45) is 11.8 Å². The van der Waals surface area contributed by atoms with E-state index in [4.69, 9.17) is 11.6 Å². The zero-order valence-corrected chi connectivity index (χ0v) is 14.2. The quantitative estimate of drug-likeness (QED) is 0.781. The molecule has 0 aliphatic carbocycles. The number of nitrogens with zero attached hydrogens (tertiary/aromatic N) is 1. The van der Waals surface area contributed by atoms with Crippen LogP contribution in [0.3, 0.4) is 0 Å². The first-order chi connectivity index (χ1) is 10.9. The van der Waals surface area contributed by atoms with Crippen LogP contribution in [0.25, 0.3) is 0 Å². The summed E-state index contributed by atoms with van der Waals surface area (Å²) in [5, 5.41) is 13.1. The normalized spacial score (nSPS) is 19.3. The number of hydrogen-bond donors (Lipinski definition) is 2. The van der Waals surface area contributed by atoms with Crippen LogP contribution in [0.15, 0.2) is 24.3 Å². The van der Waals surface area contributed by atoms with Crippen molar-refractivity contribution in [3.8, 4) is 0 Å². The minimum absolute atomic E-state index is 0.153. The van der Waals surface area contributed by atoms with Crippen LogP contribution in [0.4, 0.5) is 5.69 Å². The summed E-state index contributed by atoms with van der Waals surface area (Å²) in [5.41, 5.74) is 0.755. The summed E-state index contributed by atoms with van der Waals surface area (Å²) in [4.78, 5) is 26.2. The number of benzene rings is 1. The maximum absolute atomic E-state index is 12.4. The Kier molecular flexibility index (Phi) is 6.02. The van der Waals surface area contributed by atoms with Crippen LogP contribution >= 0.6 is 11.6 Å². The van der Waals surface area contributed by atoms with E-state index in [1.807, 2.05) is 13.8 Å². The molecule has 0 saturated carbocycles. The summed E-state index contributed by atoms with van der Waals surface area (Å²) in [6.07, 6.45) is 0.547. The third kappa shape index (κ3) is 4.45. The Morgan fingerprint density at radius 3 is 2.65 bits per heavy atom. The third-order valence-corrected chi connectivity index (χ3v) is 4.42. The Hall–Kier alpha value is -1.59. The first-order valence-electron chi connectivity index (χ1n) is 7.93. The molecule has 5 nitrogen and oxygen atoms in total. The molecule has 23 heavy (non-hydrogen) atoms. The molecule has 0 spiro atoms. The number of anilines is 1. The molecule has 1 aromatic carbocycles. The number of carbonyl (C=O) groups excluding carboxylic acids is 2. The van der Waals surface area contributed by atoms with Gasteiger partial charge in [0.05, 0.1) is 6.10 Å². The van der Waals surface area contributed by atoms with Crippen LogP contribution in [0.5, 0.6) is 0 Å². The van der Waals surface area contributed by atoms with Gasteiger partial charge in [-0.15, -0.1) is 0 Å². The Balaban J connectivity index is 1.88. The van der Waals surface area contributed by atoms with Crippen molar-refractivity contribution >= 4 is 29.1 Å². The van der Waals surface area contributed by atoms with Crippen LogP contribution in [0.1, 0.15) is 26.7 Å². The van der Waals surface area contributed by atoms with Crippen molar-refractivity contribution in [3.63, 3.8) is 0 Å². The predicted molar refractivity (Wildman–Crippen MR) is 90.4 cm³/mol. The van der Waals surface area contributed by atoms with Gasteiger partial charge in [0.15, 0.2) is 0 Å². The second kappa shape index (κ2) is 7.79. The van der Waals surface area contributed by atoms with Gasteiger partial charge in [-0.1, -0.05) is 25.4 Å². The molecule has 0 radical (unpaired) electrons. The second-order valence-electron chi connectivity index (χ2n) is 6.20. The summed E-state index contributed by atoms with van der Waals surface area (Å²) in [7, 11) is 0. The third-order valence-electron chi connectivity index (χ3n) is 4.17. The van der Waals surface area contributed by atoms with E-state index in [-0.39, 0.29) is 17.7 Å². The molecule has 1 aromatic rings. The van der Waals surface area contributed by atoms with E-state index in [0.29, 0.717) is 31.0 Å². The van der Waals surface area contributed by atoms with Crippen molar-refractivity contribution in [3.05, 3.63) is 29.3 Å². The summed E-state index contributed by atoms with van der Waals surface area (Å²) in [6.45, 7) is 4.75. The molecule has 2 atom stereocenters. The second-order valence-corrected chi connectivity index (χ2v) is 6.64. The summed E-state index contributed by atoms with van der Waals surface area (Å²) in [5.74, 6) is -0.945. The maximum atomic E-state index is 12.4. The summed E-state index contributed by atoms with van der Waals surface area (Å²) < 4.78 is 0. The molecule has 126 valence electrons. The molecule has 2 rings (SSSR count). The smallest absolute Gasteiger partial charge is 0.239 e. The predicted octanol–water partition coefficient (Wildman–Crippen LogP) is 2.22. The van der Waals surface area contributed by atoms with Gasteiger partial charge in [-0.25, -0.2) is 0 Å². The lowest BCUT2D eigenvalue weighted by Crippen LogP contribution is -2.38. The molecule has 2 unspecified atom stereocenters. The maximum Gasteiger partial charge on any atom is 0.239 e. The van der Waals surface area contributed by atoms with Gasteiger partial charge in [-0.2, -0.15) is 0 Å². The van der Waals surface area contributed by atoms with Crippen molar-refractivity contribution in [1.82, 2.24) is 5.32 Å². The summed E-state index contributed by atoms with van der Waals surface area (Å²) in [6, 6.07) is 7.01. The van der Waals surface area contributed by atoms with E-state index in [9.17, 15) is 14.7 Å². The topological polar surface area (TPSA) is 69.6 Å².